The fraction of sp³-hybridized carbons (Fsp3) is 0.389. The molecule has 0 spiro atoms. The van der Waals surface area contributed by atoms with Crippen molar-refractivity contribution in [2.75, 3.05) is 13.2 Å². The molecular weight excluding hydrogens is 296 g/mol. The van der Waals surface area contributed by atoms with Gasteiger partial charge in [-0.15, -0.1) is 0 Å². The van der Waals surface area contributed by atoms with Crippen LogP contribution >= 0.6 is 0 Å². The number of benzene rings is 1. The Hall–Kier alpha value is -2.27. The van der Waals surface area contributed by atoms with E-state index in [0.717, 1.165) is 31.6 Å². The first kappa shape index (κ1) is 15.6. The van der Waals surface area contributed by atoms with E-state index in [2.05, 4.69) is 0 Å². The molecule has 2 aromatic rings. The topological polar surface area (TPSA) is 57.9 Å². The maximum atomic E-state index is 12.2. The first-order chi connectivity index (χ1) is 11.3. The Bertz CT molecular complexity index is 613. The minimum atomic E-state index is -0.476. The Morgan fingerprint density at radius 3 is 2.83 bits per heavy atom. The van der Waals surface area contributed by atoms with E-state index in [-0.39, 0.29) is 25.1 Å². The summed E-state index contributed by atoms with van der Waals surface area (Å²) in [6.07, 6.45) is 4.57. The Labute approximate surface area is 135 Å². The summed E-state index contributed by atoms with van der Waals surface area (Å²) in [6.45, 7) is 1.25. The maximum absolute atomic E-state index is 12.2. The predicted octanol–water partition coefficient (Wildman–Crippen LogP) is 3.58. The van der Waals surface area contributed by atoms with E-state index in [4.69, 9.17) is 18.6 Å². The molecule has 1 aliphatic heterocycles. The lowest BCUT2D eigenvalue weighted by Crippen LogP contribution is -2.26. The molecule has 1 aliphatic rings. The Kier molecular flexibility index (Phi) is 5.32. The van der Waals surface area contributed by atoms with Crippen LogP contribution in [-0.4, -0.2) is 25.3 Å². The van der Waals surface area contributed by atoms with E-state index in [1.165, 1.54) is 6.26 Å². The molecule has 0 saturated carbocycles. The van der Waals surface area contributed by atoms with Crippen LogP contribution in [0.3, 0.4) is 0 Å². The molecule has 1 atom stereocenters. The van der Waals surface area contributed by atoms with Gasteiger partial charge in [-0.05, 0) is 37.5 Å². The molecule has 3 rings (SSSR count). The molecule has 0 amide bonds. The number of ether oxygens (including phenoxy) is 3. The van der Waals surface area contributed by atoms with Gasteiger partial charge < -0.3 is 18.6 Å². The average Bonchev–Trinajstić information content (AvgIpc) is 3.08. The molecule has 1 aromatic heterocycles. The van der Waals surface area contributed by atoms with Gasteiger partial charge in [0.15, 0.2) is 0 Å². The second kappa shape index (κ2) is 7.83. The van der Waals surface area contributed by atoms with Crippen molar-refractivity contribution in [2.24, 2.45) is 0 Å². The normalized spacial score (nSPS) is 17.7. The van der Waals surface area contributed by atoms with Crippen LogP contribution in [0.5, 0.6) is 5.75 Å². The number of furan rings is 1. The fourth-order valence-corrected chi connectivity index (χ4v) is 2.48. The molecule has 122 valence electrons. The zero-order valence-electron chi connectivity index (χ0n) is 12.9. The van der Waals surface area contributed by atoms with Crippen molar-refractivity contribution in [2.45, 2.75) is 32.0 Å². The molecule has 0 bridgehead atoms. The highest BCUT2D eigenvalue weighted by Gasteiger charge is 2.21. The van der Waals surface area contributed by atoms with Crippen molar-refractivity contribution in [3.63, 3.8) is 0 Å². The van der Waals surface area contributed by atoms with Crippen molar-refractivity contribution >= 4 is 5.97 Å². The molecule has 0 radical (unpaired) electrons. The molecule has 0 aliphatic carbocycles. The van der Waals surface area contributed by atoms with Gasteiger partial charge in [0.1, 0.15) is 19.0 Å². The van der Waals surface area contributed by atoms with Crippen molar-refractivity contribution < 1.29 is 23.4 Å². The summed E-state index contributed by atoms with van der Waals surface area (Å²) in [5, 5.41) is 0. The summed E-state index contributed by atoms with van der Waals surface area (Å²) in [5.41, 5.74) is 0.670. The largest absolute Gasteiger partial charge is 0.489 e. The summed E-state index contributed by atoms with van der Waals surface area (Å²) < 4.78 is 21.8. The molecule has 5 heteroatoms. The van der Waals surface area contributed by atoms with Gasteiger partial charge in [0.05, 0.1) is 12.4 Å². The molecule has 23 heavy (non-hydrogen) atoms. The quantitative estimate of drug-likeness (QED) is 0.762. The number of rotatable bonds is 6. The number of carbonyl (C=O) groups excluding carboxylic acids is 1. The van der Waals surface area contributed by atoms with Gasteiger partial charge in [0.2, 0.25) is 5.76 Å². The smallest absolute Gasteiger partial charge is 0.374 e. The third-order valence-electron chi connectivity index (χ3n) is 3.74. The summed E-state index contributed by atoms with van der Waals surface area (Å²) in [6, 6.07) is 11.1. The van der Waals surface area contributed by atoms with Gasteiger partial charge in [-0.25, -0.2) is 4.79 Å². The number of hydrogen-bond acceptors (Lipinski definition) is 5. The molecule has 1 unspecified atom stereocenters. The summed E-state index contributed by atoms with van der Waals surface area (Å²) in [5.74, 6) is 0.455. The van der Waals surface area contributed by atoms with Crippen LogP contribution in [0.25, 0.3) is 0 Å². The molecule has 1 fully saturated rings. The molecule has 2 heterocycles. The minimum Gasteiger partial charge on any atom is -0.489 e. The van der Waals surface area contributed by atoms with Crippen LogP contribution in [0, 0.1) is 0 Å². The highest BCUT2D eigenvalue weighted by molar-refractivity contribution is 5.87. The molecule has 5 nitrogen and oxygen atoms in total. The van der Waals surface area contributed by atoms with E-state index in [0.29, 0.717) is 5.56 Å². The van der Waals surface area contributed by atoms with Gasteiger partial charge in [-0.3, -0.25) is 0 Å². The van der Waals surface area contributed by atoms with Gasteiger partial charge in [0.25, 0.3) is 0 Å². The lowest BCUT2D eigenvalue weighted by atomic mass is 10.1. The lowest BCUT2D eigenvalue weighted by Gasteiger charge is -2.21. The van der Waals surface area contributed by atoms with Crippen molar-refractivity contribution in [1.29, 1.82) is 0 Å². The zero-order valence-corrected chi connectivity index (χ0v) is 12.9. The average molecular weight is 316 g/mol. The standard InChI is InChI=1S/C18H20O5/c19-18(23-13-16-8-4-5-10-20-16)17-14(9-11-21-17)12-22-15-6-2-1-3-7-15/h1-3,6-7,9,11,16H,4-5,8,10,12-13H2. The lowest BCUT2D eigenvalue weighted by molar-refractivity contribution is -0.0312. The number of hydrogen-bond donors (Lipinski definition) is 0. The van der Waals surface area contributed by atoms with Gasteiger partial charge in [-0.1, -0.05) is 18.2 Å². The fourth-order valence-electron chi connectivity index (χ4n) is 2.48. The van der Waals surface area contributed by atoms with Crippen LogP contribution in [0.4, 0.5) is 0 Å². The molecule has 1 saturated heterocycles. The van der Waals surface area contributed by atoms with E-state index in [1.54, 1.807) is 6.07 Å². The highest BCUT2D eigenvalue weighted by atomic mass is 16.6. The molecule has 1 aromatic carbocycles. The van der Waals surface area contributed by atoms with E-state index in [1.807, 2.05) is 30.3 Å². The predicted molar refractivity (Wildman–Crippen MR) is 83.4 cm³/mol. The van der Waals surface area contributed by atoms with Gasteiger partial charge >= 0.3 is 5.97 Å². The SMILES string of the molecule is O=C(OCC1CCCCO1)c1occc1COc1ccccc1. The van der Waals surface area contributed by atoms with Crippen LogP contribution in [-0.2, 0) is 16.1 Å². The second-order valence-electron chi connectivity index (χ2n) is 5.46. The summed E-state index contributed by atoms with van der Waals surface area (Å²) in [7, 11) is 0. The Morgan fingerprint density at radius 2 is 2.04 bits per heavy atom. The first-order valence-electron chi connectivity index (χ1n) is 7.86. The molecule has 0 N–H and O–H groups in total. The maximum Gasteiger partial charge on any atom is 0.374 e. The number of para-hydroxylation sites is 1. The van der Waals surface area contributed by atoms with E-state index < -0.39 is 5.97 Å². The van der Waals surface area contributed by atoms with Crippen LogP contribution < -0.4 is 4.74 Å². The minimum absolute atomic E-state index is 0.00770. The second-order valence-corrected chi connectivity index (χ2v) is 5.46. The van der Waals surface area contributed by atoms with Gasteiger partial charge in [0, 0.05) is 12.2 Å². The molecular formula is C18H20O5. The number of carbonyl (C=O) groups is 1. The summed E-state index contributed by atoms with van der Waals surface area (Å²) >= 11 is 0. The van der Waals surface area contributed by atoms with Crippen LogP contribution in [0.2, 0.25) is 0 Å². The van der Waals surface area contributed by atoms with E-state index >= 15 is 0 Å². The van der Waals surface area contributed by atoms with E-state index in [9.17, 15) is 4.79 Å². The van der Waals surface area contributed by atoms with Crippen molar-refractivity contribution in [3.8, 4) is 5.75 Å². The number of esters is 1. The monoisotopic (exact) mass is 316 g/mol. The Balaban J connectivity index is 1.53. The zero-order chi connectivity index (χ0) is 15.9. The van der Waals surface area contributed by atoms with Crippen molar-refractivity contribution in [3.05, 3.63) is 54.0 Å². The summed E-state index contributed by atoms with van der Waals surface area (Å²) in [4.78, 5) is 12.2. The van der Waals surface area contributed by atoms with Crippen molar-refractivity contribution in [1.82, 2.24) is 0 Å². The third kappa shape index (κ3) is 4.36. The highest BCUT2D eigenvalue weighted by Crippen LogP contribution is 2.18. The van der Waals surface area contributed by atoms with Crippen LogP contribution in [0.1, 0.15) is 35.4 Å². The van der Waals surface area contributed by atoms with Crippen LogP contribution in [0.15, 0.2) is 47.1 Å². The van der Waals surface area contributed by atoms with Gasteiger partial charge in [-0.2, -0.15) is 0 Å². The first-order valence-corrected chi connectivity index (χ1v) is 7.86. The Morgan fingerprint density at radius 1 is 1.17 bits per heavy atom. The third-order valence-corrected chi connectivity index (χ3v) is 3.74.